The maximum Gasteiger partial charge on any atom is 0.319 e. The van der Waals surface area contributed by atoms with Crippen molar-refractivity contribution in [3.05, 3.63) is 95.0 Å². The highest BCUT2D eigenvalue weighted by Crippen LogP contribution is 2.40. The average molecular weight is 645 g/mol. The molecule has 1 saturated heterocycles. The van der Waals surface area contributed by atoms with Crippen LogP contribution in [0.5, 0.6) is 6.01 Å². The van der Waals surface area contributed by atoms with Crippen molar-refractivity contribution in [1.29, 1.82) is 0 Å². The summed E-state index contributed by atoms with van der Waals surface area (Å²) >= 11 is 6.49. The zero-order valence-corrected chi connectivity index (χ0v) is 25.7. The molecule has 7 rings (SSSR count). The van der Waals surface area contributed by atoms with E-state index in [0.29, 0.717) is 43.8 Å². The van der Waals surface area contributed by atoms with E-state index in [4.69, 9.17) is 32.9 Å². The van der Waals surface area contributed by atoms with Crippen molar-refractivity contribution < 1.29 is 18.3 Å². The quantitative estimate of drug-likeness (QED) is 0.197. The first-order chi connectivity index (χ1) is 22.3. The van der Waals surface area contributed by atoms with Crippen molar-refractivity contribution in [3.8, 4) is 6.01 Å². The molecule has 1 saturated carbocycles. The number of piperazine rings is 1. The summed E-state index contributed by atoms with van der Waals surface area (Å²) in [7, 11) is 0. The van der Waals surface area contributed by atoms with Gasteiger partial charge in [0.15, 0.2) is 5.83 Å². The van der Waals surface area contributed by atoms with Crippen molar-refractivity contribution >= 4 is 39.8 Å². The topological polar surface area (TPSA) is 84.0 Å². The monoisotopic (exact) mass is 644 g/mol. The number of anilines is 2. The molecule has 2 aliphatic heterocycles. The average Bonchev–Trinajstić information content (AvgIpc) is 3.57. The van der Waals surface area contributed by atoms with Gasteiger partial charge in [-0.05, 0) is 36.8 Å². The molecule has 0 N–H and O–H groups in total. The van der Waals surface area contributed by atoms with E-state index in [1.807, 2.05) is 33.9 Å². The van der Waals surface area contributed by atoms with Crippen LogP contribution in [-0.2, 0) is 17.8 Å². The number of carbonyl (C=O) groups is 1. The van der Waals surface area contributed by atoms with Gasteiger partial charge in [-0.2, -0.15) is 9.97 Å². The van der Waals surface area contributed by atoms with E-state index in [-0.39, 0.29) is 36.3 Å². The summed E-state index contributed by atoms with van der Waals surface area (Å²) in [5, 5.41) is 1.57. The smallest absolute Gasteiger partial charge is 0.319 e. The Kier molecular flexibility index (Phi) is 7.94. The van der Waals surface area contributed by atoms with Crippen LogP contribution in [0.1, 0.15) is 30.1 Å². The van der Waals surface area contributed by atoms with Gasteiger partial charge in [0, 0.05) is 55.2 Å². The highest BCUT2D eigenvalue weighted by atomic mass is 35.5. The SMILES string of the molecule is [C-]#[N+]C[C@H]1CN(c2nc(OC3CCC3n3ccnc3)nc3c2CCN(c2cccc4ccc(F)c(Cl)c24)C3)CCN1C(=O)C(=C)F. The third kappa shape index (κ3) is 5.38. The minimum atomic E-state index is -1.04. The van der Waals surface area contributed by atoms with Crippen molar-refractivity contribution in [3.63, 3.8) is 0 Å². The number of amides is 1. The Bertz CT molecular complexity index is 1860. The van der Waals surface area contributed by atoms with Crippen molar-refractivity contribution in [1.82, 2.24) is 24.4 Å². The van der Waals surface area contributed by atoms with Gasteiger partial charge in [-0.15, -0.1) is 0 Å². The summed E-state index contributed by atoms with van der Waals surface area (Å²) in [5.74, 6) is -1.63. The summed E-state index contributed by atoms with van der Waals surface area (Å²) in [6, 6.07) is 8.69. The molecule has 2 fully saturated rings. The first-order valence-corrected chi connectivity index (χ1v) is 15.6. The highest BCUT2D eigenvalue weighted by molar-refractivity contribution is 6.36. The molecule has 2 aromatic heterocycles. The van der Waals surface area contributed by atoms with Gasteiger partial charge < -0.3 is 28.8 Å². The van der Waals surface area contributed by atoms with Crippen molar-refractivity contribution in [2.45, 2.75) is 44.0 Å². The van der Waals surface area contributed by atoms with E-state index in [1.165, 1.54) is 11.0 Å². The van der Waals surface area contributed by atoms with Crippen LogP contribution >= 0.6 is 11.6 Å². The van der Waals surface area contributed by atoms with E-state index in [0.717, 1.165) is 35.2 Å². The molecule has 236 valence electrons. The molecule has 4 heterocycles. The summed E-state index contributed by atoms with van der Waals surface area (Å²) in [6.45, 7) is 12.6. The molecule has 1 aliphatic carbocycles. The molecule has 0 radical (unpaired) electrons. The van der Waals surface area contributed by atoms with Crippen LogP contribution < -0.4 is 14.5 Å². The van der Waals surface area contributed by atoms with Gasteiger partial charge in [0.2, 0.25) is 6.54 Å². The molecule has 2 aromatic carbocycles. The number of hydrogen-bond acceptors (Lipinski definition) is 7. The van der Waals surface area contributed by atoms with Crippen molar-refractivity contribution in [2.75, 3.05) is 42.5 Å². The third-order valence-electron chi connectivity index (χ3n) is 9.19. The second kappa shape index (κ2) is 12.2. The summed E-state index contributed by atoms with van der Waals surface area (Å²) in [4.78, 5) is 35.7. The fourth-order valence-corrected chi connectivity index (χ4v) is 7.00. The Morgan fingerprint density at radius 2 is 2.02 bits per heavy atom. The Labute approximate surface area is 269 Å². The predicted molar refractivity (Wildman–Crippen MR) is 170 cm³/mol. The maximum absolute atomic E-state index is 14.6. The molecule has 46 heavy (non-hydrogen) atoms. The molecular weight excluding hydrogens is 614 g/mol. The summed E-state index contributed by atoms with van der Waals surface area (Å²) in [5.41, 5.74) is 2.52. The Morgan fingerprint density at radius 3 is 2.76 bits per heavy atom. The third-order valence-corrected chi connectivity index (χ3v) is 9.56. The first kappa shape index (κ1) is 29.9. The normalized spacial score (nSPS) is 21.0. The van der Waals surface area contributed by atoms with Crippen LogP contribution in [0.2, 0.25) is 5.02 Å². The second-order valence-corrected chi connectivity index (χ2v) is 12.2. The Morgan fingerprint density at radius 1 is 1.15 bits per heavy atom. The highest BCUT2D eigenvalue weighted by Gasteiger charge is 2.38. The van der Waals surface area contributed by atoms with E-state index < -0.39 is 23.6 Å². The van der Waals surface area contributed by atoms with E-state index in [2.05, 4.69) is 21.3 Å². The zero-order chi connectivity index (χ0) is 31.9. The van der Waals surface area contributed by atoms with Crippen LogP contribution in [0.3, 0.4) is 0 Å². The number of carbonyl (C=O) groups excluding carboxylic acids is 1. The summed E-state index contributed by atoms with van der Waals surface area (Å²) in [6.07, 6.45) is 7.66. The fraction of sp³-hybridized carbons (Fsp3) is 0.364. The Balaban J connectivity index is 1.24. The number of benzene rings is 2. The van der Waals surface area contributed by atoms with E-state index >= 15 is 0 Å². The lowest BCUT2D eigenvalue weighted by molar-refractivity contribution is -0.131. The van der Waals surface area contributed by atoms with Gasteiger partial charge in [-0.1, -0.05) is 36.4 Å². The van der Waals surface area contributed by atoms with Crippen LogP contribution in [0.4, 0.5) is 20.3 Å². The first-order valence-electron chi connectivity index (χ1n) is 15.2. The number of nitrogens with zero attached hydrogens (tertiary/aromatic N) is 8. The molecule has 3 aliphatic rings. The molecule has 0 bridgehead atoms. The van der Waals surface area contributed by atoms with Crippen LogP contribution in [-0.4, -0.2) is 75.2 Å². The minimum Gasteiger partial charge on any atom is -0.458 e. The largest absolute Gasteiger partial charge is 0.458 e. The van der Waals surface area contributed by atoms with Gasteiger partial charge in [0.1, 0.15) is 23.8 Å². The summed E-state index contributed by atoms with van der Waals surface area (Å²) < 4.78 is 36.9. The lowest BCUT2D eigenvalue weighted by atomic mass is 9.89. The van der Waals surface area contributed by atoms with E-state index in [1.54, 1.807) is 18.6 Å². The Hall–Kier alpha value is -4.76. The lowest BCUT2D eigenvalue weighted by Crippen LogP contribution is -2.57. The van der Waals surface area contributed by atoms with Gasteiger partial charge in [0.05, 0.1) is 29.6 Å². The minimum absolute atomic E-state index is 0.0208. The zero-order valence-electron chi connectivity index (χ0n) is 25.0. The molecule has 1 amide bonds. The number of fused-ring (bicyclic) bond motifs is 2. The van der Waals surface area contributed by atoms with Gasteiger partial charge in [-0.3, -0.25) is 4.79 Å². The number of imidazole rings is 1. The van der Waals surface area contributed by atoms with Crippen LogP contribution in [0, 0.1) is 12.4 Å². The number of aromatic nitrogens is 4. The molecule has 4 aromatic rings. The lowest BCUT2D eigenvalue weighted by Gasteiger charge is -2.41. The fourth-order valence-electron chi connectivity index (χ4n) is 6.73. The molecule has 0 spiro atoms. The molecule has 10 nitrogen and oxygen atoms in total. The maximum atomic E-state index is 14.6. The second-order valence-electron chi connectivity index (χ2n) is 11.8. The van der Waals surface area contributed by atoms with Crippen LogP contribution in [0.15, 0.2) is 61.5 Å². The molecule has 13 heteroatoms. The number of hydrogen-bond donors (Lipinski definition) is 0. The standard InChI is InChI=1S/C33H31ClF2N8O2/c1-20(35)32(45)44-15-14-42(17-22(44)16-37-2)31-23-10-12-41(27-5-3-4-21-6-7-24(36)30(34)29(21)27)18-25(23)39-33(40-31)46-28-9-8-26(28)43-13-11-38-19-43/h3-7,11,13,19,22,26,28H,1,8-10,12,14-18H2/t22-,26?,28?/m0/s1. The number of rotatable bonds is 7. The van der Waals surface area contributed by atoms with Crippen molar-refractivity contribution in [2.24, 2.45) is 0 Å². The number of halogens is 3. The van der Waals surface area contributed by atoms with Gasteiger partial charge >= 0.3 is 6.01 Å². The molecule has 3 atom stereocenters. The van der Waals surface area contributed by atoms with Gasteiger partial charge in [-0.25, -0.2) is 20.3 Å². The predicted octanol–water partition coefficient (Wildman–Crippen LogP) is 5.38. The van der Waals surface area contributed by atoms with Gasteiger partial charge in [0.25, 0.3) is 5.91 Å². The van der Waals surface area contributed by atoms with E-state index in [9.17, 15) is 13.6 Å². The molecule has 2 unspecified atom stereocenters. The van der Waals surface area contributed by atoms with Crippen LogP contribution in [0.25, 0.3) is 15.6 Å². The number of ether oxygens (including phenoxy) is 1. The molecular formula is C33H31ClF2N8O2.